The maximum atomic E-state index is 10.9. The molecule has 6 heteroatoms. The fourth-order valence-electron chi connectivity index (χ4n) is 1.79. The van der Waals surface area contributed by atoms with Crippen molar-refractivity contribution in [3.05, 3.63) is 58.1 Å². The van der Waals surface area contributed by atoms with Crippen LogP contribution in [0.5, 0.6) is 11.5 Å². The maximum Gasteiger partial charge on any atom is 0.315 e. The molecule has 0 heterocycles. The number of benzene rings is 2. The highest BCUT2D eigenvalue weighted by Gasteiger charge is 2.22. The second-order valence-electron chi connectivity index (χ2n) is 4.07. The predicted octanol–water partition coefficient (Wildman–Crippen LogP) is 2.76. The highest BCUT2D eigenvalue weighted by molar-refractivity contribution is 5.68. The standard InChI is InChI=1S/C14H14N2O4/c1-19-14-12(16(17)18)8-7-11(15)13(14)20-9-10-5-3-2-4-6-10/h2-8H,9,15H2,1H3. The van der Waals surface area contributed by atoms with E-state index in [0.29, 0.717) is 5.69 Å². The van der Waals surface area contributed by atoms with Crippen molar-refractivity contribution >= 4 is 11.4 Å². The summed E-state index contributed by atoms with van der Waals surface area (Å²) in [6, 6.07) is 12.2. The number of rotatable bonds is 5. The molecule has 0 fully saturated rings. The van der Waals surface area contributed by atoms with Crippen molar-refractivity contribution in [3.63, 3.8) is 0 Å². The average molecular weight is 274 g/mol. The van der Waals surface area contributed by atoms with Gasteiger partial charge in [0, 0.05) is 6.07 Å². The summed E-state index contributed by atoms with van der Waals surface area (Å²) in [4.78, 5) is 10.4. The quantitative estimate of drug-likeness (QED) is 0.514. The molecule has 0 radical (unpaired) electrons. The van der Waals surface area contributed by atoms with Gasteiger partial charge in [-0.1, -0.05) is 30.3 Å². The molecule has 0 saturated heterocycles. The lowest BCUT2D eigenvalue weighted by molar-refractivity contribution is -0.385. The van der Waals surface area contributed by atoms with Gasteiger partial charge in [-0.05, 0) is 11.6 Å². The number of anilines is 1. The Morgan fingerprint density at radius 1 is 1.15 bits per heavy atom. The van der Waals surface area contributed by atoms with Crippen molar-refractivity contribution in [2.24, 2.45) is 0 Å². The Balaban J connectivity index is 2.30. The lowest BCUT2D eigenvalue weighted by Gasteiger charge is -2.13. The third kappa shape index (κ3) is 2.80. The van der Waals surface area contributed by atoms with E-state index in [1.54, 1.807) is 0 Å². The number of ether oxygens (including phenoxy) is 2. The molecule has 2 rings (SSSR count). The van der Waals surface area contributed by atoms with E-state index in [9.17, 15) is 10.1 Å². The largest absolute Gasteiger partial charge is 0.488 e. The van der Waals surface area contributed by atoms with Crippen LogP contribution in [-0.2, 0) is 6.61 Å². The molecular weight excluding hydrogens is 260 g/mol. The zero-order valence-electron chi connectivity index (χ0n) is 10.9. The van der Waals surface area contributed by atoms with Crippen molar-refractivity contribution in [2.45, 2.75) is 6.61 Å². The Hall–Kier alpha value is -2.76. The van der Waals surface area contributed by atoms with E-state index in [4.69, 9.17) is 15.2 Å². The maximum absolute atomic E-state index is 10.9. The van der Waals surface area contributed by atoms with Gasteiger partial charge in [-0.15, -0.1) is 0 Å². The molecule has 0 aliphatic rings. The van der Waals surface area contributed by atoms with Gasteiger partial charge in [0.15, 0.2) is 5.75 Å². The zero-order chi connectivity index (χ0) is 14.5. The third-order valence-corrected chi connectivity index (χ3v) is 2.75. The van der Waals surface area contributed by atoms with Crippen molar-refractivity contribution < 1.29 is 14.4 Å². The van der Waals surface area contributed by atoms with Gasteiger partial charge in [-0.25, -0.2) is 0 Å². The monoisotopic (exact) mass is 274 g/mol. The summed E-state index contributed by atoms with van der Waals surface area (Å²) in [7, 11) is 1.34. The van der Waals surface area contributed by atoms with Gasteiger partial charge in [-0.3, -0.25) is 10.1 Å². The molecular formula is C14H14N2O4. The summed E-state index contributed by atoms with van der Waals surface area (Å²) in [6.07, 6.45) is 0. The SMILES string of the molecule is COc1c([N+](=O)[O-])ccc(N)c1OCc1ccccc1. The highest BCUT2D eigenvalue weighted by atomic mass is 16.6. The van der Waals surface area contributed by atoms with Crippen LogP contribution in [0.1, 0.15) is 5.56 Å². The molecule has 6 nitrogen and oxygen atoms in total. The van der Waals surface area contributed by atoms with Gasteiger partial charge in [-0.2, -0.15) is 0 Å². The smallest absolute Gasteiger partial charge is 0.315 e. The lowest BCUT2D eigenvalue weighted by Crippen LogP contribution is -2.03. The fraction of sp³-hybridized carbons (Fsp3) is 0.143. The van der Waals surface area contributed by atoms with Gasteiger partial charge >= 0.3 is 5.69 Å². The molecule has 0 aliphatic carbocycles. The normalized spacial score (nSPS) is 10.1. The molecule has 2 aromatic carbocycles. The zero-order valence-corrected chi connectivity index (χ0v) is 10.9. The van der Waals surface area contributed by atoms with Crippen molar-refractivity contribution in [1.29, 1.82) is 0 Å². The molecule has 0 aromatic heterocycles. The number of nitro benzene ring substituents is 1. The van der Waals surface area contributed by atoms with Gasteiger partial charge < -0.3 is 15.2 Å². The first-order valence-electron chi connectivity index (χ1n) is 5.91. The van der Waals surface area contributed by atoms with Crippen LogP contribution in [0.3, 0.4) is 0 Å². The number of nitrogens with zero attached hydrogens (tertiary/aromatic N) is 1. The molecule has 20 heavy (non-hydrogen) atoms. The Morgan fingerprint density at radius 2 is 1.85 bits per heavy atom. The number of nitrogen functional groups attached to an aromatic ring is 1. The summed E-state index contributed by atoms with van der Waals surface area (Å²) in [5.74, 6) is 0.219. The minimum Gasteiger partial charge on any atom is -0.488 e. The van der Waals surface area contributed by atoms with Crippen LogP contribution >= 0.6 is 0 Å². The number of hydrogen-bond donors (Lipinski definition) is 1. The summed E-state index contributed by atoms with van der Waals surface area (Å²) in [6.45, 7) is 0.253. The molecule has 0 unspecified atom stereocenters. The molecule has 2 N–H and O–H groups in total. The Morgan fingerprint density at radius 3 is 2.45 bits per heavy atom. The lowest BCUT2D eigenvalue weighted by atomic mass is 10.2. The van der Waals surface area contributed by atoms with Crippen molar-refractivity contribution in [2.75, 3.05) is 12.8 Å². The van der Waals surface area contributed by atoms with Crippen LogP contribution in [0.15, 0.2) is 42.5 Å². The van der Waals surface area contributed by atoms with Gasteiger partial charge in [0.05, 0.1) is 17.7 Å². The Bertz CT molecular complexity index is 614. The van der Waals surface area contributed by atoms with E-state index in [2.05, 4.69) is 0 Å². The summed E-state index contributed by atoms with van der Waals surface area (Å²) in [5, 5.41) is 10.9. The molecule has 0 atom stereocenters. The highest BCUT2D eigenvalue weighted by Crippen LogP contribution is 2.41. The minimum absolute atomic E-state index is 0.0333. The van der Waals surface area contributed by atoms with Crippen LogP contribution in [0.4, 0.5) is 11.4 Å². The molecule has 0 amide bonds. The summed E-state index contributed by atoms with van der Waals surface area (Å²) in [5.41, 5.74) is 6.85. The van der Waals surface area contributed by atoms with E-state index in [1.807, 2.05) is 30.3 Å². The number of nitrogens with two attached hydrogens (primary N) is 1. The summed E-state index contributed by atoms with van der Waals surface area (Å²) >= 11 is 0. The Labute approximate surface area is 115 Å². The average Bonchev–Trinajstić information content (AvgIpc) is 2.46. The first-order chi connectivity index (χ1) is 9.63. The van der Waals surface area contributed by atoms with E-state index >= 15 is 0 Å². The second-order valence-corrected chi connectivity index (χ2v) is 4.07. The molecule has 0 spiro atoms. The van der Waals surface area contributed by atoms with Crippen LogP contribution in [0.25, 0.3) is 0 Å². The molecule has 104 valence electrons. The topological polar surface area (TPSA) is 87.6 Å². The van der Waals surface area contributed by atoms with Crippen molar-refractivity contribution in [3.8, 4) is 11.5 Å². The molecule has 2 aromatic rings. The number of methoxy groups -OCH3 is 1. The van der Waals surface area contributed by atoms with Crippen molar-refractivity contribution in [1.82, 2.24) is 0 Å². The van der Waals surface area contributed by atoms with Gasteiger partial charge in [0.25, 0.3) is 0 Å². The minimum atomic E-state index is -0.534. The Kier molecular flexibility index (Phi) is 4.05. The third-order valence-electron chi connectivity index (χ3n) is 2.75. The fourth-order valence-corrected chi connectivity index (χ4v) is 1.79. The van der Waals surface area contributed by atoms with E-state index in [-0.39, 0.29) is 23.8 Å². The number of nitro groups is 1. The molecule has 0 bridgehead atoms. The number of hydrogen-bond acceptors (Lipinski definition) is 5. The van der Waals surface area contributed by atoms with E-state index < -0.39 is 4.92 Å². The van der Waals surface area contributed by atoms with E-state index in [0.717, 1.165) is 5.56 Å². The van der Waals surface area contributed by atoms with Gasteiger partial charge in [0.2, 0.25) is 5.75 Å². The van der Waals surface area contributed by atoms with Crippen LogP contribution in [0.2, 0.25) is 0 Å². The van der Waals surface area contributed by atoms with Gasteiger partial charge in [0.1, 0.15) is 6.61 Å². The van der Waals surface area contributed by atoms with Crippen LogP contribution in [-0.4, -0.2) is 12.0 Å². The molecule has 0 aliphatic heterocycles. The first kappa shape index (κ1) is 13.7. The summed E-state index contributed by atoms with van der Waals surface area (Å²) < 4.78 is 10.6. The second kappa shape index (κ2) is 5.92. The predicted molar refractivity (Wildman–Crippen MR) is 74.8 cm³/mol. The van der Waals surface area contributed by atoms with Crippen LogP contribution in [0, 0.1) is 10.1 Å². The molecule has 0 saturated carbocycles. The first-order valence-corrected chi connectivity index (χ1v) is 5.91. The van der Waals surface area contributed by atoms with E-state index in [1.165, 1.54) is 19.2 Å². The van der Waals surface area contributed by atoms with Crippen LogP contribution < -0.4 is 15.2 Å².